The van der Waals surface area contributed by atoms with Crippen LogP contribution in [0.25, 0.3) is 0 Å². The molecule has 3 rings (SSSR count). The van der Waals surface area contributed by atoms with Crippen LogP contribution in [0.4, 0.5) is 32.1 Å². The third-order valence-electron chi connectivity index (χ3n) is 3.87. The zero-order chi connectivity index (χ0) is 22.4. The Bertz CT molecular complexity index is 1080. The second-order valence-corrected chi connectivity index (χ2v) is 7.68. The number of nitrogens with zero attached hydrogens (tertiary/aromatic N) is 1. The summed E-state index contributed by atoms with van der Waals surface area (Å²) < 4.78 is 19.3. The number of aromatic nitrogens is 1. The van der Waals surface area contributed by atoms with Gasteiger partial charge < -0.3 is 15.4 Å². The molecule has 0 fully saturated rings. The molecular formula is C23H23FN4O3. The van der Waals surface area contributed by atoms with E-state index in [0.717, 1.165) is 0 Å². The fourth-order valence-corrected chi connectivity index (χ4v) is 2.63. The van der Waals surface area contributed by atoms with E-state index in [4.69, 9.17) is 4.74 Å². The van der Waals surface area contributed by atoms with Gasteiger partial charge in [0, 0.05) is 17.4 Å². The van der Waals surface area contributed by atoms with Crippen LogP contribution >= 0.6 is 0 Å². The standard InChI is InChI=1S/C23H23FN4O3/c1-23(2,3)31-22(30)28-20-14-16(25-18-12-8-7-11-17(18)24)13-19(27-20)21(29)26-15-9-5-4-6-10-15/h4-14H,1-3H3,(H,26,29)(H2,25,27,28,30). The molecule has 0 aliphatic rings. The van der Waals surface area contributed by atoms with Gasteiger partial charge in [0.25, 0.3) is 5.91 Å². The van der Waals surface area contributed by atoms with Gasteiger partial charge in [-0.15, -0.1) is 0 Å². The maximum Gasteiger partial charge on any atom is 0.413 e. The number of hydrogen-bond acceptors (Lipinski definition) is 5. The van der Waals surface area contributed by atoms with Crippen LogP contribution in [0.15, 0.2) is 66.7 Å². The molecule has 0 aliphatic carbocycles. The topological polar surface area (TPSA) is 92.4 Å². The molecule has 31 heavy (non-hydrogen) atoms. The molecule has 2 amide bonds. The number of carbonyl (C=O) groups is 2. The van der Waals surface area contributed by atoms with Crippen molar-refractivity contribution >= 4 is 34.9 Å². The van der Waals surface area contributed by atoms with E-state index in [9.17, 15) is 14.0 Å². The number of nitrogens with one attached hydrogen (secondary N) is 3. The van der Waals surface area contributed by atoms with Gasteiger partial charge in [0.15, 0.2) is 0 Å². The first-order valence-electron chi connectivity index (χ1n) is 9.60. The third kappa shape index (κ3) is 6.53. The number of ether oxygens (including phenoxy) is 1. The van der Waals surface area contributed by atoms with Gasteiger partial charge in [-0.3, -0.25) is 10.1 Å². The van der Waals surface area contributed by atoms with E-state index >= 15 is 0 Å². The van der Waals surface area contributed by atoms with Crippen LogP contribution in [0.1, 0.15) is 31.3 Å². The second kappa shape index (κ2) is 9.25. The van der Waals surface area contributed by atoms with E-state index in [1.807, 2.05) is 6.07 Å². The first-order chi connectivity index (χ1) is 14.7. The maximum atomic E-state index is 14.1. The molecule has 0 saturated heterocycles. The van der Waals surface area contributed by atoms with Crippen LogP contribution < -0.4 is 16.0 Å². The first-order valence-corrected chi connectivity index (χ1v) is 9.60. The van der Waals surface area contributed by atoms with Crippen molar-refractivity contribution in [3.8, 4) is 0 Å². The van der Waals surface area contributed by atoms with Crippen molar-refractivity contribution in [2.24, 2.45) is 0 Å². The van der Waals surface area contributed by atoms with Crippen molar-refractivity contribution in [1.29, 1.82) is 0 Å². The number of hydrogen-bond donors (Lipinski definition) is 3. The zero-order valence-corrected chi connectivity index (χ0v) is 17.4. The van der Waals surface area contributed by atoms with Gasteiger partial charge in [0.05, 0.1) is 5.69 Å². The van der Waals surface area contributed by atoms with Crippen molar-refractivity contribution in [3.05, 3.63) is 78.2 Å². The van der Waals surface area contributed by atoms with Gasteiger partial charge in [-0.1, -0.05) is 30.3 Å². The summed E-state index contributed by atoms with van der Waals surface area (Å²) >= 11 is 0. The van der Waals surface area contributed by atoms with Crippen LogP contribution in [0, 0.1) is 5.82 Å². The minimum absolute atomic E-state index is 0.0243. The number of anilines is 4. The van der Waals surface area contributed by atoms with Gasteiger partial charge in [-0.25, -0.2) is 14.2 Å². The monoisotopic (exact) mass is 422 g/mol. The molecule has 0 saturated carbocycles. The molecular weight excluding hydrogens is 399 g/mol. The predicted molar refractivity (Wildman–Crippen MR) is 118 cm³/mol. The van der Waals surface area contributed by atoms with Gasteiger partial charge in [0.1, 0.15) is 22.9 Å². The Morgan fingerprint density at radius 2 is 1.58 bits per heavy atom. The number of benzene rings is 2. The van der Waals surface area contributed by atoms with Crippen molar-refractivity contribution < 1.29 is 18.7 Å². The highest BCUT2D eigenvalue weighted by Gasteiger charge is 2.18. The van der Waals surface area contributed by atoms with Crippen LogP contribution in [0.5, 0.6) is 0 Å². The fraction of sp³-hybridized carbons (Fsp3) is 0.174. The third-order valence-corrected chi connectivity index (χ3v) is 3.87. The van der Waals surface area contributed by atoms with E-state index in [1.54, 1.807) is 63.2 Å². The molecule has 0 bridgehead atoms. The molecule has 0 spiro atoms. The summed E-state index contributed by atoms with van der Waals surface area (Å²) in [4.78, 5) is 29.1. The number of rotatable bonds is 5. The second-order valence-electron chi connectivity index (χ2n) is 7.68. The van der Waals surface area contributed by atoms with Crippen LogP contribution in [0.2, 0.25) is 0 Å². The molecule has 2 aromatic carbocycles. The van der Waals surface area contributed by atoms with E-state index in [-0.39, 0.29) is 17.2 Å². The van der Waals surface area contributed by atoms with E-state index < -0.39 is 23.4 Å². The number of pyridine rings is 1. The SMILES string of the molecule is CC(C)(C)OC(=O)Nc1cc(Nc2ccccc2F)cc(C(=O)Nc2ccccc2)n1. The summed E-state index contributed by atoms with van der Waals surface area (Å²) in [6, 6.07) is 17.9. The van der Waals surface area contributed by atoms with E-state index in [2.05, 4.69) is 20.9 Å². The average molecular weight is 422 g/mol. The Balaban J connectivity index is 1.90. The molecule has 0 radical (unpaired) electrons. The Labute approximate surface area is 179 Å². The molecule has 3 aromatic rings. The number of amides is 2. The van der Waals surface area contributed by atoms with Crippen molar-refractivity contribution in [2.45, 2.75) is 26.4 Å². The summed E-state index contributed by atoms with van der Waals surface area (Å²) in [5, 5.41) is 8.15. The molecule has 0 aliphatic heterocycles. The highest BCUT2D eigenvalue weighted by molar-refractivity contribution is 6.04. The Kier molecular flexibility index (Phi) is 6.49. The molecule has 1 heterocycles. The largest absolute Gasteiger partial charge is 0.444 e. The highest BCUT2D eigenvalue weighted by Crippen LogP contribution is 2.23. The molecule has 1 aromatic heterocycles. The number of carbonyl (C=O) groups excluding carboxylic acids is 2. The Hall–Kier alpha value is -3.94. The van der Waals surface area contributed by atoms with Crippen LogP contribution in [-0.4, -0.2) is 22.6 Å². The lowest BCUT2D eigenvalue weighted by molar-refractivity contribution is 0.0635. The lowest BCUT2D eigenvalue weighted by atomic mass is 10.2. The van der Waals surface area contributed by atoms with Crippen LogP contribution in [0.3, 0.4) is 0 Å². The predicted octanol–water partition coefficient (Wildman–Crippen LogP) is 5.56. The van der Waals surface area contributed by atoms with Gasteiger partial charge >= 0.3 is 6.09 Å². The van der Waals surface area contributed by atoms with Gasteiger partial charge in [-0.05, 0) is 51.1 Å². The fourth-order valence-electron chi connectivity index (χ4n) is 2.63. The smallest absolute Gasteiger partial charge is 0.413 e. The zero-order valence-electron chi connectivity index (χ0n) is 17.4. The summed E-state index contributed by atoms with van der Waals surface area (Å²) in [6.07, 6.45) is -0.725. The molecule has 0 atom stereocenters. The van der Waals surface area contributed by atoms with E-state index in [1.165, 1.54) is 18.2 Å². The highest BCUT2D eigenvalue weighted by atomic mass is 19.1. The van der Waals surface area contributed by atoms with Crippen molar-refractivity contribution in [3.63, 3.8) is 0 Å². The quantitative estimate of drug-likeness (QED) is 0.500. The molecule has 160 valence electrons. The van der Waals surface area contributed by atoms with Gasteiger partial charge in [0.2, 0.25) is 0 Å². The van der Waals surface area contributed by atoms with Crippen LogP contribution in [-0.2, 0) is 4.74 Å². The molecule has 7 nitrogen and oxygen atoms in total. The summed E-state index contributed by atoms with van der Waals surface area (Å²) in [5.41, 5.74) is 0.482. The van der Waals surface area contributed by atoms with Crippen molar-refractivity contribution in [1.82, 2.24) is 4.98 Å². The Morgan fingerprint density at radius 3 is 2.26 bits per heavy atom. The normalized spacial score (nSPS) is 10.8. The molecule has 8 heteroatoms. The summed E-state index contributed by atoms with van der Waals surface area (Å²) in [7, 11) is 0. The minimum atomic E-state index is -0.725. The lowest BCUT2D eigenvalue weighted by Crippen LogP contribution is -2.27. The summed E-state index contributed by atoms with van der Waals surface area (Å²) in [5.74, 6) is -0.874. The van der Waals surface area contributed by atoms with Gasteiger partial charge in [-0.2, -0.15) is 0 Å². The van der Waals surface area contributed by atoms with Crippen molar-refractivity contribution in [2.75, 3.05) is 16.0 Å². The number of halogens is 1. The first kappa shape index (κ1) is 21.8. The van der Waals surface area contributed by atoms with E-state index in [0.29, 0.717) is 11.4 Å². The minimum Gasteiger partial charge on any atom is -0.444 e. The Morgan fingerprint density at radius 1 is 0.903 bits per heavy atom. The maximum absolute atomic E-state index is 14.1. The summed E-state index contributed by atoms with van der Waals surface area (Å²) in [6.45, 7) is 5.19. The average Bonchev–Trinajstić information content (AvgIpc) is 2.69. The molecule has 0 unspecified atom stereocenters. The lowest BCUT2D eigenvalue weighted by Gasteiger charge is -2.20. The number of para-hydroxylation sites is 2. The molecule has 3 N–H and O–H groups in total.